The molecule has 0 unspecified atom stereocenters. The fourth-order valence-electron chi connectivity index (χ4n) is 1.74. The number of amides is 1. The van der Waals surface area contributed by atoms with Gasteiger partial charge in [-0.05, 0) is 19.1 Å². The van der Waals surface area contributed by atoms with Crippen LogP contribution in [0.5, 0.6) is 0 Å². The number of nitrogens with zero attached hydrogens (tertiary/aromatic N) is 3. The number of carbonyl (C=O) groups excluding carboxylic acids is 1. The Morgan fingerprint density at radius 1 is 1.50 bits per heavy atom. The largest absolute Gasteiger partial charge is 0.370 e. The predicted molar refractivity (Wildman–Crippen MR) is 81.3 cm³/mol. The van der Waals surface area contributed by atoms with Crippen LogP contribution in [0.25, 0.3) is 0 Å². The highest BCUT2D eigenvalue weighted by molar-refractivity contribution is 7.07. The van der Waals surface area contributed by atoms with Crippen LogP contribution >= 0.6 is 22.9 Å². The second-order valence-corrected chi connectivity index (χ2v) is 5.34. The predicted octanol–water partition coefficient (Wildman–Crippen LogP) is 2.90. The van der Waals surface area contributed by atoms with Crippen LogP contribution in [0.2, 0.25) is 5.15 Å². The highest BCUT2D eigenvalue weighted by Crippen LogP contribution is 2.16. The summed E-state index contributed by atoms with van der Waals surface area (Å²) in [6.07, 6.45) is 0. The normalized spacial score (nSPS) is 10.3. The molecule has 1 N–H and O–H groups in total. The van der Waals surface area contributed by atoms with Crippen LogP contribution < -0.4 is 5.32 Å². The number of aromatic nitrogens is 2. The van der Waals surface area contributed by atoms with Gasteiger partial charge in [0.15, 0.2) is 0 Å². The van der Waals surface area contributed by atoms with Crippen LogP contribution in [0, 0.1) is 0 Å². The molecule has 0 aromatic carbocycles. The monoisotopic (exact) mass is 310 g/mol. The highest BCUT2D eigenvalue weighted by atomic mass is 35.5. The molecule has 0 atom stereocenters. The molecule has 0 fully saturated rings. The van der Waals surface area contributed by atoms with Crippen molar-refractivity contribution in [3.8, 4) is 0 Å². The molecule has 5 nitrogen and oxygen atoms in total. The summed E-state index contributed by atoms with van der Waals surface area (Å²) in [6, 6.07) is 3.28. The van der Waals surface area contributed by atoms with E-state index >= 15 is 0 Å². The van der Waals surface area contributed by atoms with Gasteiger partial charge in [0.05, 0.1) is 17.7 Å². The van der Waals surface area contributed by atoms with Crippen LogP contribution in [0.15, 0.2) is 23.0 Å². The Morgan fingerprint density at radius 3 is 2.95 bits per heavy atom. The van der Waals surface area contributed by atoms with Gasteiger partial charge in [0, 0.05) is 24.5 Å². The molecule has 7 heteroatoms. The first-order valence-electron chi connectivity index (χ1n) is 6.14. The van der Waals surface area contributed by atoms with E-state index < -0.39 is 0 Å². The second-order valence-electron chi connectivity index (χ2n) is 4.24. The first kappa shape index (κ1) is 14.7. The van der Waals surface area contributed by atoms with Crippen molar-refractivity contribution in [2.75, 3.05) is 18.9 Å². The van der Waals surface area contributed by atoms with E-state index in [9.17, 15) is 4.79 Å². The summed E-state index contributed by atoms with van der Waals surface area (Å²) >= 11 is 7.46. The first-order valence-corrected chi connectivity index (χ1v) is 7.46. The number of hydrogen-bond donors (Lipinski definition) is 1. The molecule has 0 aliphatic heterocycles. The summed E-state index contributed by atoms with van der Waals surface area (Å²) < 4.78 is 0. The number of carbonyl (C=O) groups is 1. The Labute approximate surface area is 126 Å². The Morgan fingerprint density at radius 2 is 2.30 bits per heavy atom. The molecule has 0 spiro atoms. The Balaban J connectivity index is 2.15. The molecular weight excluding hydrogens is 296 g/mol. The fraction of sp³-hybridized carbons (Fsp3) is 0.308. The van der Waals surface area contributed by atoms with Crippen LogP contribution in [-0.2, 0) is 6.54 Å². The van der Waals surface area contributed by atoms with E-state index in [4.69, 9.17) is 11.6 Å². The highest BCUT2D eigenvalue weighted by Gasteiger charge is 2.15. The third-order valence-corrected chi connectivity index (χ3v) is 3.46. The molecule has 2 rings (SSSR count). The van der Waals surface area contributed by atoms with E-state index in [1.165, 1.54) is 11.3 Å². The lowest BCUT2D eigenvalue weighted by Gasteiger charge is -2.16. The average Bonchev–Trinajstić information content (AvgIpc) is 2.90. The van der Waals surface area contributed by atoms with E-state index in [2.05, 4.69) is 15.3 Å². The molecule has 106 valence electrons. The van der Waals surface area contributed by atoms with Crippen molar-refractivity contribution in [1.82, 2.24) is 14.9 Å². The number of halogens is 1. The lowest BCUT2D eigenvalue weighted by Crippen LogP contribution is -2.26. The van der Waals surface area contributed by atoms with Gasteiger partial charge in [0.2, 0.25) is 0 Å². The zero-order valence-corrected chi connectivity index (χ0v) is 12.8. The minimum atomic E-state index is -0.110. The third kappa shape index (κ3) is 3.68. The van der Waals surface area contributed by atoms with Crippen molar-refractivity contribution < 1.29 is 4.79 Å². The molecule has 2 aromatic rings. The molecule has 2 aromatic heterocycles. The van der Waals surface area contributed by atoms with Crippen molar-refractivity contribution in [3.05, 3.63) is 39.4 Å². The van der Waals surface area contributed by atoms with Gasteiger partial charge < -0.3 is 10.2 Å². The van der Waals surface area contributed by atoms with Gasteiger partial charge >= 0.3 is 0 Å². The molecule has 0 radical (unpaired) electrons. The average molecular weight is 311 g/mol. The van der Waals surface area contributed by atoms with Crippen molar-refractivity contribution in [2.24, 2.45) is 0 Å². The van der Waals surface area contributed by atoms with Gasteiger partial charge in [-0.15, -0.1) is 11.3 Å². The summed E-state index contributed by atoms with van der Waals surface area (Å²) in [5.41, 5.74) is 3.14. The van der Waals surface area contributed by atoms with Gasteiger partial charge in [0.1, 0.15) is 11.0 Å². The van der Waals surface area contributed by atoms with Crippen LogP contribution in [-0.4, -0.2) is 34.4 Å². The van der Waals surface area contributed by atoms with Gasteiger partial charge in [0.25, 0.3) is 5.91 Å². The van der Waals surface area contributed by atoms with Crippen LogP contribution in [0.1, 0.15) is 23.0 Å². The summed E-state index contributed by atoms with van der Waals surface area (Å²) in [5.74, 6) is 0.492. The first-order chi connectivity index (χ1) is 9.60. The molecular formula is C13H15ClN4OS. The molecule has 0 aliphatic rings. The van der Waals surface area contributed by atoms with Gasteiger partial charge in [-0.2, -0.15) is 0 Å². The Hall–Kier alpha value is -1.66. The maximum Gasteiger partial charge on any atom is 0.254 e. The number of pyridine rings is 1. The standard InChI is InChI=1S/C13H15ClN4OS/c1-3-15-12-5-9(4-11(14)17-12)13(19)18(2)6-10-7-20-8-16-10/h4-5,7-8H,3,6H2,1-2H3,(H,15,17). The molecule has 0 aliphatic carbocycles. The summed E-state index contributed by atoms with van der Waals surface area (Å²) in [7, 11) is 1.74. The molecule has 1 amide bonds. The number of nitrogens with one attached hydrogen (secondary N) is 1. The summed E-state index contributed by atoms with van der Waals surface area (Å²) in [4.78, 5) is 22.3. The minimum Gasteiger partial charge on any atom is -0.370 e. The zero-order chi connectivity index (χ0) is 14.5. The third-order valence-electron chi connectivity index (χ3n) is 2.63. The number of thiazole rings is 1. The van der Waals surface area contributed by atoms with E-state index in [-0.39, 0.29) is 5.91 Å². The van der Waals surface area contributed by atoms with Crippen molar-refractivity contribution >= 4 is 34.7 Å². The van der Waals surface area contributed by atoms with Gasteiger partial charge in [-0.1, -0.05) is 11.6 Å². The van der Waals surface area contributed by atoms with E-state index in [0.717, 1.165) is 12.2 Å². The van der Waals surface area contributed by atoms with Crippen molar-refractivity contribution in [1.29, 1.82) is 0 Å². The fourth-order valence-corrected chi connectivity index (χ4v) is 2.50. The number of rotatable bonds is 5. The molecule has 0 saturated heterocycles. The minimum absolute atomic E-state index is 0.110. The number of anilines is 1. The maximum atomic E-state index is 12.4. The maximum absolute atomic E-state index is 12.4. The summed E-state index contributed by atoms with van der Waals surface area (Å²) in [5, 5.41) is 5.27. The molecule has 0 saturated carbocycles. The van der Waals surface area contributed by atoms with Gasteiger partial charge in [-0.25, -0.2) is 9.97 Å². The topological polar surface area (TPSA) is 58.1 Å². The quantitative estimate of drug-likeness (QED) is 0.863. The van der Waals surface area contributed by atoms with Gasteiger partial charge in [-0.3, -0.25) is 4.79 Å². The lowest BCUT2D eigenvalue weighted by molar-refractivity contribution is 0.0783. The Kier molecular flexibility index (Phi) is 4.92. The molecule has 2 heterocycles. The smallest absolute Gasteiger partial charge is 0.254 e. The van der Waals surface area contributed by atoms with E-state index in [0.29, 0.717) is 23.1 Å². The van der Waals surface area contributed by atoms with Crippen molar-refractivity contribution in [3.63, 3.8) is 0 Å². The Bertz CT molecular complexity index is 588. The van der Waals surface area contributed by atoms with Crippen LogP contribution in [0.3, 0.4) is 0 Å². The van der Waals surface area contributed by atoms with Crippen molar-refractivity contribution in [2.45, 2.75) is 13.5 Å². The van der Waals surface area contributed by atoms with E-state index in [1.807, 2.05) is 12.3 Å². The SMILES string of the molecule is CCNc1cc(C(=O)N(C)Cc2cscn2)cc(Cl)n1. The molecule has 0 bridgehead atoms. The van der Waals surface area contributed by atoms with E-state index in [1.54, 1.807) is 29.6 Å². The zero-order valence-electron chi connectivity index (χ0n) is 11.3. The lowest BCUT2D eigenvalue weighted by atomic mass is 10.2. The number of hydrogen-bond acceptors (Lipinski definition) is 5. The molecule has 20 heavy (non-hydrogen) atoms. The summed E-state index contributed by atoms with van der Waals surface area (Å²) in [6.45, 7) is 3.15. The second kappa shape index (κ2) is 6.67. The van der Waals surface area contributed by atoms with Crippen LogP contribution in [0.4, 0.5) is 5.82 Å².